The summed E-state index contributed by atoms with van der Waals surface area (Å²) in [4.78, 5) is 13.7. The highest BCUT2D eigenvalue weighted by atomic mass is 35.5. The molecule has 0 spiro atoms. The highest BCUT2D eigenvalue weighted by Crippen LogP contribution is 2.20. The molecular formula is C10H17ClN2OS. The molecule has 0 bridgehead atoms. The molecule has 0 aromatic carbocycles. The fraction of sp³-hybridized carbons (Fsp3) is 0.500. The minimum absolute atomic E-state index is 0. The first kappa shape index (κ1) is 14.4. The van der Waals surface area contributed by atoms with Gasteiger partial charge >= 0.3 is 0 Å². The minimum atomic E-state index is -0.435. The lowest BCUT2D eigenvalue weighted by atomic mass is 10.2. The molecule has 5 heteroatoms. The number of thiophene rings is 1. The van der Waals surface area contributed by atoms with Crippen molar-refractivity contribution in [3.8, 4) is 0 Å². The van der Waals surface area contributed by atoms with Gasteiger partial charge in [-0.25, -0.2) is 0 Å². The summed E-state index contributed by atoms with van der Waals surface area (Å²) in [5, 5.41) is 2.80. The van der Waals surface area contributed by atoms with Gasteiger partial charge in [-0.2, -0.15) is 0 Å². The Labute approximate surface area is 100 Å². The maximum atomic E-state index is 11.2. The predicted octanol–water partition coefficient (Wildman–Crippen LogP) is 1.75. The number of hydrogen-bond donors (Lipinski definition) is 2. The van der Waals surface area contributed by atoms with E-state index in [2.05, 4.69) is 25.2 Å². The number of nitrogens with two attached hydrogens (primary N) is 1. The highest BCUT2D eigenvalue weighted by Gasteiger charge is 2.08. The van der Waals surface area contributed by atoms with Crippen molar-refractivity contribution >= 4 is 29.7 Å². The fourth-order valence-corrected chi connectivity index (χ4v) is 2.15. The Morgan fingerprint density at radius 2 is 2.20 bits per heavy atom. The molecule has 0 aliphatic heterocycles. The van der Waals surface area contributed by atoms with Crippen LogP contribution in [0.15, 0.2) is 6.07 Å². The fourth-order valence-electron chi connectivity index (χ4n) is 1.20. The van der Waals surface area contributed by atoms with Crippen molar-refractivity contribution in [3.63, 3.8) is 0 Å². The molecule has 0 saturated heterocycles. The molecule has 0 radical (unpaired) electrons. The second-order valence-electron chi connectivity index (χ2n) is 3.44. The van der Waals surface area contributed by atoms with E-state index in [1.165, 1.54) is 15.3 Å². The van der Waals surface area contributed by atoms with Gasteiger partial charge in [0.1, 0.15) is 0 Å². The van der Waals surface area contributed by atoms with Crippen molar-refractivity contribution in [2.75, 3.05) is 0 Å². The number of hydrogen-bond acceptors (Lipinski definition) is 3. The molecule has 3 nitrogen and oxygen atoms in total. The third-order valence-electron chi connectivity index (χ3n) is 2.01. The molecule has 1 atom stereocenters. The van der Waals surface area contributed by atoms with Crippen molar-refractivity contribution in [3.05, 3.63) is 21.4 Å². The molecule has 3 N–H and O–H groups in total. The SMILES string of the molecule is Cc1cc(CNC(=O)C(C)N)c(C)s1.Cl. The zero-order chi connectivity index (χ0) is 10.7. The van der Waals surface area contributed by atoms with Gasteiger partial charge in [-0.1, -0.05) is 0 Å². The van der Waals surface area contributed by atoms with Gasteiger partial charge in [0.05, 0.1) is 6.04 Å². The Balaban J connectivity index is 0.00000196. The third kappa shape index (κ3) is 4.20. The van der Waals surface area contributed by atoms with E-state index in [4.69, 9.17) is 5.73 Å². The number of nitrogens with one attached hydrogen (secondary N) is 1. The van der Waals surface area contributed by atoms with Crippen LogP contribution in [-0.2, 0) is 11.3 Å². The summed E-state index contributed by atoms with van der Waals surface area (Å²) in [6.07, 6.45) is 0. The van der Waals surface area contributed by atoms with Crippen molar-refractivity contribution < 1.29 is 4.79 Å². The van der Waals surface area contributed by atoms with Gasteiger partial charge < -0.3 is 11.1 Å². The first-order valence-electron chi connectivity index (χ1n) is 4.60. The first-order chi connectivity index (χ1) is 6.50. The molecule has 0 aliphatic carbocycles. The van der Waals surface area contributed by atoms with E-state index in [0.717, 1.165) is 0 Å². The van der Waals surface area contributed by atoms with Crippen LogP contribution in [0, 0.1) is 13.8 Å². The van der Waals surface area contributed by atoms with Gasteiger partial charge in [-0.3, -0.25) is 4.79 Å². The number of carbonyl (C=O) groups is 1. The average molecular weight is 249 g/mol. The monoisotopic (exact) mass is 248 g/mol. The van der Waals surface area contributed by atoms with E-state index in [1.807, 2.05) is 0 Å². The van der Waals surface area contributed by atoms with Crippen molar-refractivity contribution in [1.82, 2.24) is 5.32 Å². The third-order valence-corrected chi connectivity index (χ3v) is 3.02. The first-order valence-corrected chi connectivity index (χ1v) is 5.41. The standard InChI is InChI=1S/C10H16N2OS.ClH/c1-6-4-9(8(3)14-6)5-12-10(13)7(2)11;/h4,7H,5,11H2,1-3H3,(H,12,13);1H. The lowest BCUT2D eigenvalue weighted by molar-refractivity contribution is -0.122. The molecule has 0 aliphatic rings. The number of carbonyl (C=O) groups excluding carboxylic acids is 1. The number of amides is 1. The van der Waals surface area contributed by atoms with Crippen LogP contribution in [0.25, 0.3) is 0 Å². The van der Waals surface area contributed by atoms with Crippen molar-refractivity contribution in [2.45, 2.75) is 33.4 Å². The second-order valence-corrected chi connectivity index (χ2v) is 4.91. The van der Waals surface area contributed by atoms with Gasteiger partial charge in [-0.15, -0.1) is 23.7 Å². The van der Waals surface area contributed by atoms with E-state index < -0.39 is 6.04 Å². The molecule has 86 valence electrons. The van der Waals surface area contributed by atoms with E-state index in [1.54, 1.807) is 18.3 Å². The van der Waals surface area contributed by atoms with Crippen LogP contribution >= 0.6 is 23.7 Å². The Morgan fingerprint density at radius 1 is 1.60 bits per heavy atom. The van der Waals surface area contributed by atoms with Crippen LogP contribution < -0.4 is 11.1 Å². The Morgan fingerprint density at radius 3 is 2.60 bits per heavy atom. The number of rotatable bonds is 3. The maximum absolute atomic E-state index is 11.2. The van der Waals surface area contributed by atoms with E-state index >= 15 is 0 Å². The van der Waals surface area contributed by atoms with Crippen LogP contribution in [0.5, 0.6) is 0 Å². The second kappa shape index (κ2) is 6.10. The topological polar surface area (TPSA) is 55.1 Å². The molecule has 1 aromatic rings. The zero-order valence-corrected chi connectivity index (χ0v) is 10.8. The quantitative estimate of drug-likeness (QED) is 0.856. The van der Waals surface area contributed by atoms with Gasteiger partial charge in [0.25, 0.3) is 0 Å². The summed E-state index contributed by atoms with van der Waals surface area (Å²) >= 11 is 1.75. The van der Waals surface area contributed by atoms with Crippen LogP contribution in [0.1, 0.15) is 22.2 Å². The van der Waals surface area contributed by atoms with E-state index in [0.29, 0.717) is 6.54 Å². The lowest BCUT2D eigenvalue weighted by Gasteiger charge is -2.06. The number of halogens is 1. The summed E-state index contributed by atoms with van der Waals surface area (Å²) in [5.74, 6) is -0.103. The van der Waals surface area contributed by atoms with Crippen molar-refractivity contribution in [2.24, 2.45) is 5.73 Å². The normalized spacial score (nSPS) is 11.7. The molecule has 1 heterocycles. The smallest absolute Gasteiger partial charge is 0.236 e. The van der Waals surface area contributed by atoms with Gasteiger partial charge in [-0.05, 0) is 32.4 Å². The molecule has 1 amide bonds. The molecule has 1 unspecified atom stereocenters. The van der Waals surface area contributed by atoms with Gasteiger partial charge in [0.2, 0.25) is 5.91 Å². The number of aryl methyl sites for hydroxylation is 2. The molecule has 1 rings (SSSR count). The van der Waals surface area contributed by atoms with Gasteiger partial charge in [0.15, 0.2) is 0 Å². The summed E-state index contributed by atoms with van der Waals surface area (Å²) in [5.41, 5.74) is 6.62. The zero-order valence-electron chi connectivity index (χ0n) is 9.16. The summed E-state index contributed by atoms with van der Waals surface area (Å²) in [7, 11) is 0. The van der Waals surface area contributed by atoms with Crippen LogP contribution in [0.4, 0.5) is 0 Å². The Kier molecular flexibility index (Phi) is 5.87. The summed E-state index contributed by atoms with van der Waals surface area (Å²) in [6.45, 7) is 6.39. The van der Waals surface area contributed by atoms with Crippen LogP contribution in [0.2, 0.25) is 0 Å². The maximum Gasteiger partial charge on any atom is 0.236 e. The molecule has 0 saturated carbocycles. The van der Waals surface area contributed by atoms with Crippen molar-refractivity contribution in [1.29, 1.82) is 0 Å². The molecule has 15 heavy (non-hydrogen) atoms. The summed E-state index contributed by atoms with van der Waals surface area (Å²) < 4.78 is 0. The molecular weight excluding hydrogens is 232 g/mol. The molecule has 0 fully saturated rings. The van der Waals surface area contributed by atoms with E-state index in [9.17, 15) is 4.79 Å². The minimum Gasteiger partial charge on any atom is -0.351 e. The lowest BCUT2D eigenvalue weighted by Crippen LogP contribution is -2.37. The van der Waals surface area contributed by atoms with Crippen LogP contribution in [0.3, 0.4) is 0 Å². The Hall–Kier alpha value is -0.580. The highest BCUT2D eigenvalue weighted by molar-refractivity contribution is 7.12. The van der Waals surface area contributed by atoms with Crippen LogP contribution in [-0.4, -0.2) is 11.9 Å². The summed E-state index contributed by atoms with van der Waals surface area (Å²) in [6, 6.07) is 1.66. The predicted molar refractivity (Wildman–Crippen MR) is 66.5 cm³/mol. The van der Waals surface area contributed by atoms with E-state index in [-0.39, 0.29) is 18.3 Å². The molecule has 1 aromatic heterocycles. The Bertz CT molecular complexity index is 336. The largest absolute Gasteiger partial charge is 0.351 e. The van der Waals surface area contributed by atoms with Gasteiger partial charge in [0, 0.05) is 16.3 Å². The average Bonchev–Trinajstić information content (AvgIpc) is 2.40.